The number of rotatable bonds is 32. The lowest BCUT2D eigenvalue weighted by atomic mass is 10.0. The Balaban J connectivity index is -0.00000882. The normalized spacial score (nSPS) is 11.5. The van der Waals surface area contributed by atoms with Crippen molar-refractivity contribution in [2.24, 2.45) is 0 Å². The number of nitrogens with zero attached hydrogens (tertiary/aromatic N) is 2. The molecular formula is C37H78Br2N4O2. The summed E-state index contributed by atoms with van der Waals surface area (Å²) in [7, 11) is 8.25. The van der Waals surface area contributed by atoms with Crippen LogP contribution in [0.25, 0.3) is 0 Å². The van der Waals surface area contributed by atoms with E-state index < -0.39 is 0 Å². The summed E-state index contributed by atoms with van der Waals surface area (Å²) >= 11 is 0. The van der Waals surface area contributed by atoms with Crippen molar-refractivity contribution in [2.75, 3.05) is 41.3 Å². The van der Waals surface area contributed by atoms with Crippen LogP contribution in [0, 0.1) is 0 Å². The molecule has 0 aliphatic heterocycles. The first-order chi connectivity index (χ1) is 20.6. The van der Waals surface area contributed by atoms with E-state index in [0.29, 0.717) is 22.0 Å². The van der Waals surface area contributed by atoms with Crippen molar-refractivity contribution in [3.05, 3.63) is 0 Å². The second-order valence-electron chi connectivity index (χ2n) is 14.5. The van der Waals surface area contributed by atoms with Gasteiger partial charge in [-0.1, -0.05) is 155 Å². The molecule has 0 aliphatic rings. The lowest BCUT2D eigenvalue weighted by Gasteiger charge is -2.32. The number of unbranched alkanes of at least 4 members (excludes halogenated alkanes) is 22. The van der Waals surface area contributed by atoms with E-state index in [0.717, 1.165) is 45.2 Å². The largest absolute Gasteiger partial charge is 1.00 e. The van der Waals surface area contributed by atoms with Crippen LogP contribution in [-0.2, 0) is 9.59 Å². The van der Waals surface area contributed by atoms with Crippen LogP contribution in [0.1, 0.15) is 187 Å². The second-order valence-corrected chi connectivity index (χ2v) is 14.5. The molecule has 0 heterocycles. The average molecular weight is 771 g/mol. The van der Waals surface area contributed by atoms with Crippen molar-refractivity contribution >= 4 is 11.8 Å². The predicted octanol–water partition coefficient (Wildman–Crippen LogP) is 3.78. The molecule has 0 bridgehead atoms. The maximum atomic E-state index is 12.5. The fourth-order valence-corrected chi connectivity index (χ4v) is 6.01. The summed E-state index contributed by atoms with van der Waals surface area (Å²) < 4.78 is 0.980. The second kappa shape index (κ2) is 33.7. The number of nitrogens with one attached hydrogen (secondary N) is 2. The van der Waals surface area contributed by atoms with Gasteiger partial charge in [-0.25, -0.2) is 20.0 Å². The smallest absolute Gasteiger partial charge is 0.264 e. The Morgan fingerprint density at radius 3 is 0.844 bits per heavy atom. The molecule has 45 heavy (non-hydrogen) atoms. The highest BCUT2D eigenvalue weighted by Crippen LogP contribution is 2.14. The van der Waals surface area contributed by atoms with Crippen LogP contribution < -0.4 is 44.8 Å². The van der Waals surface area contributed by atoms with Gasteiger partial charge in [0.25, 0.3) is 11.8 Å². The van der Waals surface area contributed by atoms with Gasteiger partial charge in [-0.15, -0.1) is 0 Å². The Morgan fingerprint density at radius 1 is 0.378 bits per heavy atom. The molecule has 8 heteroatoms. The Bertz CT molecular complexity index is 608. The van der Waals surface area contributed by atoms with Crippen LogP contribution in [0.2, 0.25) is 0 Å². The molecule has 0 aromatic rings. The average Bonchev–Trinajstić information content (AvgIpc) is 2.93. The van der Waals surface area contributed by atoms with Gasteiger partial charge in [0.05, 0.1) is 34.6 Å². The minimum atomic E-state index is 0. The molecule has 2 N–H and O–H groups in total. The Morgan fingerprint density at radius 2 is 0.600 bits per heavy atom. The van der Waals surface area contributed by atoms with Crippen molar-refractivity contribution in [1.29, 1.82) is 0 Å². The molecule has 0 radical (unpaired) electrons. The first kappa shape index (κ1) is 49.2. The summed E-state index contributed by atoms with van der Waals surface area (Å²) in [6.45, 7) is 6.24. The van der Waals surface area contributed by atoms with Gasteiger partial charge in [0.15, 0.2) is 0 Å². The summed E-state index contributed by atoms with van der Waals surface area (Å²) in [6.07, 6.45) is 33.6. The maximum absolute atomic E-state index is 12.5. The van der Waals surface area contributed by atoms with Crippen LogP contribution in [0.5, 0.6) is 0 Å². The number of hydrogen-bond donors (Lipinski definition) is 2. The predicted molar refractivity (Wildman–Crippen MR) is 186 cm³/mol. The minimum absolute atomic E-state index is 0. The fraction of sp³-hybridized carbons (Fsp3) is 0.946. The Labute approximate surface area is 302 Å². The summed E-state index contributed by atoms with van der Waals surface area (Å²) in [5.74, 6) is 0.308. The lowest BCUT2D eigenvalue weighted by Crippen LogP contribution is -3.00. The van der Waals surface area contributed by atoms with Crippen molar-refractivity contribution in [3.8, 4) is 0 Å². The van der Waals surface area contributed by atoms with Gasteiger partial charge in [0, 0.05) is 12.8 Å². The Hall–Kier alpha value is -0.180. The zero-order valence-corrected chi connectivity index (χ0v) is 34.1. The molecule has 0 spiro atoms. The molecule has 2 amide bonds. The van der Waals surface area contributed by atoms with Gasteiger partial charge >= 0.3 is 0 Å². The van der Waals surface area contributed by atoms with Crippen LogP contribution >= 0.6 is 0 Å². The number of hydrogen-bond acceptors (Lipinski definition) is 2. The van der Waals surface area contributed by atoms with E-state index in [9.17, 15) is 9.59 Å². The third kappa shape index (κ3) is 36.5. The molecule has 0 rings (SSSR count). The number of quaternary nitrogens is 2. The van der Waals surface area contributed by atoms with E-state index in [1.54, 1.807) is 0 Å². The summed E-state index contributed by atoms with van der Waals surface area (Å²) in [5.41, 5.74) is 6.39. The number of halogens is 2. The van der Waals surface area contributed by atoms with E-state index in [-0.39, 0.29) is 45.8 Å². The van der Waals surface area contributed by atoms with Crippen LogP contribution in [0.4, 0.5) is 0 Å². The molecule has 0 aromatic carbocycles. The first-order valence-corrected chi connectivity index (χ1v) is 18.9. The van der Waals surface area contributed by atoms with Gasteiger partial charge < -0.3 is 34.0 Å². The third-order valence-electron chi connectivity index (χ3n) is 8.80. The van der Waals surface area contributed by atoms with E-state index in [4.69, 9.17) is 0 Å². The number of carbonyl (C=O) groups excluding carboxylic acids is 2. The zero-order chi connectivity index (χ0) is 32.1. The van der Waals surface area contributed by atoms with Gasteiger partial charge in [-0.2, -0.15) is 0 Å². The molecule has 272 valence electrons. The summed E-state index contributed by atoms with van der Waals surface area (Å²) in [4.78, 5) is 25.0. The first-order valence-electron chi connectivity index (χ1n) is 18.9. The molecule has 0 saturated heterocycles. The molecule has 0 unspecified atom stereocenters. The molecular weight excluding hydrogens is 692 g/mol. The highest BCUT2D eigenvalue weighted by molar-refractivity contribution is 5.74. The fourth-order valence-electron chi connectivity index (χ4n) is 6.01. The van der Waals surface area contributed by atoms with Crippen molar-refractivity contribution in [3.63, 3.8) is 0 Å². The molecule has 0 aromatic heterocycles. The van der Waals surface area contributed by atoms with Crippen LogP contribution in [0.3, 0.4) is 0 Å². The highest BCUT2D eigenvalue weighted by atomic mass is 79.9. The van der Waals surface area contributed by atoms with E-state index >= 15 is 0 Å². The molecule has 0 atom stereocenters. The third-order valence-corrected chi connectivity index (χ3v) is 8.80. The van der Waals surface area contributed by atoms with Crippen molar-refractivity contribution < 1.29 is 52.7 Å². The monoisotopic (exact) mass is 768 g/mol. The van der Waals surface area contributed by atoms with Gasteiger partial charge in [-0.05, 0) is 12.8 Å². The highest BCUT2D eigenvalue weighted by Gasteiger charge is 2.23. The van der Waals surface area contributed by atoms with Crippen molar-refractivity contribution in [1.82, 2.24) is 10.9 Å². The van der Waals surface area contributed by atoms with E-state index in [1.807, 2.05) is 0 Å². The zero-order valence-electron chi connectivity index (χ0n) is 31.0. The number of carbonyl (C=O) groups is 2. The topological polar surface area (TPSA) is 58.2 Å². The molecule has 0 aliphatic carbocycles. The number of amides is 2. The van der Waals surface area contributed by atoms with Gasteiger partial charge in [-0.3, -0.25) is 9.59 Å². The minimum Gasteiger partial charge on any atom is -1.00 e. The molecule has 0 fully saturated rings. The quantitative estimate of drug-likeness (QED) is 0.0623. The lowest BCUT2D eigenvalue weighted by molar-refractivity contribution is -0.943. The van der Waals surface area contributed by atoms with Crippen molar-refractivity contribution in [2.45, 2.75) is 187 Å². The SMILES string of the molecule is CCCCCCCCCCCCCCC(=O)N[N+](C)(C)CCC[N+](C)(C)NC(=O)CCCCCCCCCCCCCC.[Br-].[Br-]. The van der Waals surface area contributed by atoms with Crippen LogP contribution in [0.15, 0.2) is 0 Å². The standard InChI is InChI=1S/C37H76N4O2.2BrH/c1-7-9-11-13-15-17-19-21-23-25-27-29-32-36(42)38-40(3,4)34-31-35-41(5,6)39-37(43)33-30-28-26-24-22-20-18-16-14-12-10-8-2;;/h7-35H2,1-6H3;2*1H. The van der Waals surface area contributed by atoms with Gasteiger partial charge in [0.1, 0.15) is 13.1 Å². The molecule has 6 nitrogen and oxygen atoms in total. The van der Waals surface area contributed by atoms with E-state index in [1.165, 1.54) is 128 Å². The molecule has 0 saturated carbocycles. The maximum Gasteiger partial charge on any atom is 0.264 e. The summed E-state index contributed by atoms with van der Waals surface area (Å²) in [5, 5.41) is 0. The van der Waals surface area contributed by atoms with E-state index in [2.05, 4.69) is 52.9 Å². The summed E-state index contributed by atoms with van der Waals surface area (Å²) in [6, 6.07) is 0. The van der Waals surface area contributed by atoms with Crippen LogP contribution in [-0.4, -0.2) is 62.3 Å². The van der Waals surface area contributed by atoms with Gasteiger partial charge in [0.2, 0.25) is 0 Å². The Kier molecular flexibility index (Phi) is 36.9.